The first kappa shape index (κ1) is 18.7. The first-order valence-corrected chi connectivity index (χ1v) is 6.22. The molecule has 8 heteroatoms. The van der Waals surface area contributed by atoms with E-state index in [0.717, 1.165) is 0 Å². The van der Waals surface area contributed by atoms with E-state index >= 15 is 0 Å². The standard InChI is InChI=1S/C12H21F3N2O3/c1-5-11(3,4)16-10(20)8(2)17(6-9(18)19)7-12(13,14)15/h8H,5-7H2,1-4H3,(H,16,20)(H,18,19). The molecule has 118 valence electrons. The normalized spacial score (nSPS) is 14.2. The molecule has 0 aliphatic carbocycles. The molecule has 0 spiro atoms. The minimum atomic E-state index is -4.57. The van der Waals surface area contributed by atoms with Crippen molar-refractivity contribution >= 4 is 11.9 Å². The Balaban J connectivity index is 4.89. The first-order valence-electron chi connectivity index (χ1n) is 6.22. The second-order valence-corrected chi connectivity index (χ2v) is 5.32. The number of halogens is 3. The summed E-state index contributed by atoms with van der Waals surface area (Å²) in [6.07, 6.45) is -3.96. The topological polar surface area (TPSA) is 69.6 Å². The molecule has 0 heterocycles. The van der Waals surface area contributed by atoms with E-state index < -0.39 is 42.7 Å². The molecule has 5 nitrogen and oxygen atoms in total. The van der Waals surface area contributed by atoms with Crippen LogP contribution in [-0.4, -0.2) is 52.7 Å². The second-order valence-electron chi connectivity index (χ2n) is 5.32. The number of nitrogens with one attached hydrogen (secondary N) is 1. The fraction of sp³-hybridized carbons (Fsp3) is 0.833. The number of carboxylic acid groups (broad SMARTS) is 1. The van der Waals surface area contributed by atoms with Gasteiger partial charge in [-0.05, 0) is 27.2 Å². The van der Waals surface area contributed by atoms with E-state index in [4.69, 9.17) is 5.11 Å². The van der Waals surface area contributed by atoms with E-state index in [9.17, 15) is 22.8 Å². The SMILES string of the molecule is CCC(C)(C)NC(=O)C(C)N(CC(=O)O)CC(F)(F)F. The third-order valence-electron chi connectivity index (χ3n) is 2.99. The second kappa shape index (κ2) is 6.92. The molecule has 0 bridgehead atoms. The molecular formula is C12H21F3N2O3. The Morgan fingerprint density at radius 1 is 1.30 bits per heavy atom. The van der Waals surface area contributed by atoms with E-state index in [0.29, 0.717) is 11.3 Å². The van der Waals surface area contributed by atoms with Gasteiger partial charge in [-0.15, -0.1) is 0 Å². The molecule has 0 saturated heterocycles. The number of aliphatic carboxylic acids is 1. The summed E-state index contributed by atoms with van der Waals surface area (Å²) < 4.78 is 37.3. The van der Waals surface area contributed by atoms with Gasteiger partial charge < -0.3 is 10.4 Å². The Morgan fingerprint density at radius 3 is 2.15 bits per heavy atom. The van der Waals surface area contributed by atoms with Crippen molar-refractivity contribution in [3.05, 3.63) is 0 Å². The van der Waals surface area contributed by atoms with Gasteiger partial charge in [-0.2, -0.15) is 13.2 Å². The maximum absolute atomic E-state index is 12.4. The zero-order valence-electron chi connectivity index (χ0n) is 12.0. The Labute approximate surface area is 116 Å². The minimum Gasteiger partial charge on any atom is -0.480 e. The Morgan fingerprint density at radius 2 is 1.80 bits per heavy atom. The van der Waals surface area contributed by atoms with Crippen molar-refractivity contribution in [2.45, 2.75) is 51.9 Å². The zero-order valence-corrected chi connectivity index (χ0v) is 12.0. The summed E-state index contributed by atoms with van der Waals surface area (Å²) in [5.74, 6) is -2.04. The van der Waals surface area contributed by atoms with Gasteiger partial charge in [-0.25, -0.2) is 0 Å². The average molecular weight is 298 g/mol. The van der Waals surface area contributed by atoms with Crippen molar-refractivity contribution in [2.24, 2.45) is 0 Å². The van der Waals surface area contributed by atoms with Gasteiger partial charge in [0.05, 0.1) is 19.1 Å². The first-order chi connectivity index (χ1) is 8.88. The van der Waals surface area contributed by atoms with Crippen molar-refractivity contribution in [1.82, 2.24) is 10.2 Å². The predicted molar refractivity (Wildman–Crippen MR) is 67.2 cm³/mol. The highest BCUT2D eigenvalue weighted by molar-refractivity contribution is 5.82. The van der Waals surface area contributed by atoms with Crippen molar-refractivity contribution in [3.8, 4) is 0 Å². The van der Waals surface area contributed by atoms with E-state index in [1.54, 1.807) is 13.8 Å². The highest BCUT2D eigenvalue weighted by Crippen LogP contribution is 2.18. The van der Waals surface area contributed by atoms with Crippen LogP contribution in [0.3, 0.4) is 0 Å². The Bertz CT molecular complexity index is 356. The summed E-state index contributed by atoms with van der Waals surface area (Å²) >= 11 is 0. The molecular weight excluding hydrogens is 277 g/mol. The fourth-order valence-electron chi connectivity index (χ4n) is 1.43. The number of carbonyl (C=O) groups is 2. The maximum atomic E-state index is 12.4. The quantitative estimate of drug-likeness (QED) is 0.749. The van der Waals surface area contributed by atoms with Crippen LogP contribution in [0.5, 0.6) is 0 Å². The molecule has 20 heavy (non-hydrogen) atoms. The summed E-state index contributed by atoms with van der Waals surface area (Å²) in [6, 6.07) is -1.18. The number of rotatable bonds is 7. The lowest BCUT2D eigenvalue weighted by atomic mass is 10.0. The van der Waals surface area contributed by atoms with Crippen LogP contribution in [0.25, 0.3) is 0 Å². The number of amides is 1. The van der Waals surface area contributed by atoms with Crippen molar-refractivity contribution in [2.75, 3.05) is 13.1 Å². The van der Waals surface area contributed by atoms with Gasteiger partial charge in [0.25, 0.3) is 0 Å². The van der Waals surface area contributed by atoms with Crippen molar-refractivity contribution in [3.63, 3.8) is 0 Å². The summed E-state index contributed by atoms with van der Waals surface area (Å²) in [5.41, 5.74) is -0.557. The number of carbonyl (C=O) groups excluding carboxylic acids is 1. The summed E-state index contributed by atoms with van der Waals surface area (Å²) in [5, 5.41) is 11.3. The van der Waals surface area contributed by atoms with Crippen LogP contribution in [0.4, 0.5) is 13.2 Å². The monoisotopic (exact) mass is 298 g/mol. The number of nitrogens with zero attached hydrogens (tertiary/aromatic N) is 1. The third-order valence-corrected chi connectivity index (χ3v) is 2.99. The lowest BCUT2D eigenvalue weighted by molar-refractivity contribution is -0.160. The molecule has 1 amide bonds. The number of hydrogen-bond acceptors (Lipinski definition) is 3. The molecule has 0 aromatic rings. The molecule has 0 aliphatic rings. The Hall–Kier alpha value is -1.31. The van der Waals surface area contributed by atoms with E-state index in [-0.39, 0.29) is 0 Å². The van der Waals surface area contributed by atoms with Crippen LogP contribution >= 0.6 is 0 Å². The van der Waals surface area contributed by atoms with Gasteiger partial charge >= 0.3 is 12.1 Å². The van der Waals surface area contributed by atoms with Crippen LogP contribution in [0.1, 0.15) is 34.1 Å². The molecule has 0 aromatic carbocycles. The molecule has 1 atom stereocenters. The fourth-order valence-corrected chi connectivity index (χ4v) is 1.43. The van der Waals surface area contributed by atoms with Gasteiger partial charge in [-0.3, -0.25) is 14.5 Å². The maximum Gasteiger partial charge on any atom is 0.401 e. The molecule has 1 unspecified atom stereocenters. The smallest absolute Gasteiger partial charge is 0.401 e. The number of hydrogen-bond donors (Lipinski definition) is 2. The van der Waals surface area contributed by atoms with E-state index in [1.165, 1.54) is 6.92 Å². The molecule has 0 saturated carbocycles. The van der Waals surface area contributed by atoms with Crippen LogP contribution in [-0.2, 0) is 9.59 Å². The van der Waals surface area contributed by atoms with Gasteiger partial charge in [0, 0.05) is 5.54 Å². The molecule has 0 aliphatic heterocycles. The predicted octanol–water partition coefficient (Wildman–Crippen LogP) is 1.63. The van der Waals surface area contributed by atoms with E-state index in [2.05, 4.69) is 5.32 Å². The summed E-state index contributed by atoms with van der Waals surface area (Å²) in [6.45, 7) is 4.28. The number of carboxylic acids is 1. The van der Waals surface area contributed by atoms with E-state index in [1.807, 2.05) is 6.92 Å². The van der Waals surface area contributed by atoms with Gasteiger partial charge in [-0.1, -0.05) is 6.92 Å². The largest absolute Gasteiger partial charge is 0.480 e. The van der Waals surface area contributed by atoms with Crippen LogP contribution in [0.15, 0.2) is 0 Å². The van der Waals surface area contributed by atoms with Crippen LogP contribution in [0.2, 0.25) is 0 Å². The average Bonchev–Trinajstić information content (AvgIpc) is 2.24. The molecule has 0 fully saturated rings. The molecule has 0 radical (unpaired) electrons. The molecule has 2 N–H and O–H groups in total. The van der Waals surface area contributed by atoms with Crippen molar-refractivity contribution in [1.29, 1.82) is 0 Å². The highest BCUT2D eigenvalue weighted by Gasteiger charge is 2.36. The van der Waals surface area contributed by atoms with Gasteiger partial charge in [0.15, 0.2) is 0 Å². The van der Waals surface area contributed by atoms with Gasteiger partial charge in [0.1, 0.15) is 0 Å². The Kier molecular flexibility index (Phi) is 6.46. The molecule has 0 rings (SSSR count). The lowest BCUT2D eigenvalue weighted by Crippen LogP contribution is -2.54. The van der Waals surface area contributed by atoms with Crippen molar-refractivity contribution < 1.29 is 27.9 Å². The third kappa shape index (κ3) is 7.32. The van der Waals surface area contributed by atoms with Crippen LogP contribution in [0, 0.1) is 0 Å². The highest BCUT2D eigenvalue weighted by atomic mass is 19.4. The summed E-state index contributed by atoms with van der Waals surface area (Å²) in [7, 11) is 0. The van der Waals surface area contributed by atoms with Crippen LogP contribution < -0.4 is 5.32 Å². The molecule has 0 aromatic heterocycles. The zero-order chi connectivity index (χ0) is 16.1. The van der Waals surface area contributed by atoms with Gasteiger partial charge in [0.2, 0.25) is 5.91 Å². The number of alkyl halides is 3. The minimum absolute atomic E-state index is 0.557. The lowest BCUT2D eigenvalue weighted by Gasteiger charge is -2.31. The summed E-state index contributed by atoms with van der Waals surface area (Å²) in [4.78, 5) is 23.1.